The Morgan fingerprint density at radius 3 is 2.63 bits per heavy atom. The number of hydrogen-bond acceptors (Lipinski definition) is 6. The zero-order valence-corrected chi connectivity index (χ0v) is 17.0. The van der Waals surface area contributed by atoms with Crippen molar-refractivity contribution in [3.8, 4) is 0 Å². The lowest BCUT2D eigenvalue weighted by atomic mass is 9.85. The number of carbonyl (C=O) groups excluding carboxylic acids is 1. The van der Waals surface area contributed by atoms with Gasteiger partial charge in [-0.1, -0.05) is 18.0 Å². The Labute approximate surface area is 167 Å². The van der Waals surface area contributed by atoms with Crippen LogP contribution >= 0.6 is 12.4 Å². The molecular formula is C19H32ClN5O2. The summed E-state index contributed by atoms with van der Waals surface area (Å²) in [5.74, 6) is 2.44. The van der Waals surface area contributed by atoms with Gasteiger partial charge < -0.3 is 15.2 Å². The van der Waals surface area contributed by atoms with Crippen LogP contribution in [0.1, 0.15) is 75.0 Å². The number of hydrogen-bond donors (Lipinski definition) is 2. The van der Waals surface area contributed by atoms with E-state index in [0.717, 1.165) is 69.9 Å². The Morgan fingerprint density at radius 2 is 1.93 bits per heavy atom. The van der Waals surface area contributed by atoms with Crippen LogP contribution in [0.25, 0.3) is 0 Å². The lowest BCUT2D eigenvalue weighted by molar-refractivity contribution is -0.125. The zero-order chi connectivity index (χ0) is 17.9. The summed E-state index contributed by atoms with van der Waals surface area (Å²) >= 11 is 0. The molecule has 0 radical (unpaired) electrons. The van der Waals surface area contributed by atoms with Crippen LogP contribution in [0, 0.1) is 5.92 Å². The maximum absolute atomic E-state index is 12.3. The second-order valence-corrected chi connectivity index (χ2v) is 8.23. The standard InChI is InChI=1S/C19H31N5O2.ClH/c1-24-11-10-20-12-16(24)17-22-19(26-23-17)14-6-8-15(9-7-14)21-18(25)13-4-2-3-5-13;/h13-16,20H,2-12H2,1H3,(H,21,25);1H. The lowest BCUT2D eigenvalue weighted by Crippen LogP contribution is -2.44. The first-order valence-corrected chi connectivity index (χ1v) is 10.3. The molecular weight excluding hydrogens is 366 g/mol. The Bertz CT molecular complexity index is 611. The first-order chi connectivity index (χ1) is 12.7. The quantitative estimate of drug-likeness (QED) is 0.811. The summed E-state index contributed by atoms with van der Waals surface area (Å²) in [4.78, 5) is 19.3. The van der Waals surface area contributed by atoms with Crippen LogP contribution in [-0.4, -0.2) is 53.7 Å². The van der Waals surface area contributed by atoms with E-state index in [1.165, 1.54) is 12.8 Å². The minimum atomic E-state index is 0. The van der Waals surface area contributed by atoms with Gasteiger partial charge in [0.1, 0.15) is 0 Å². The third kappa shape index (κ3) is 4.81. The average molecular weight is 398 g/mol. The van der Waals surface area contributed by atoms with Gasteiger partial charge in [-0.05, 0) is 45.6 Å². The van der Waals surface area contributed by atoms with Crippen LogP contribution in [0.15, 0.2) is 4.52 Å². The van der Waals surface area contributed by atoms with Gasteiger partial charge >= 0.3 is 0 Å². The van der Waals surface area contributed by atoms with E-state index in [2.05, 4.69) is 27.7 Å². The molecule has 1 saturated heterocycles. The third-order valence-electron chi connectivity index (χ3n) is 6.42. The summed E-state index contributed by atoms with van der Waals surface area (Å²) in [5.41, 5.74) is 0. The van der Waals surface area contributed by atoms with Crippen LogP contribution in [0.3, 0.4) is 0 Å². The fraction of sp³-hybridized carbons (Fsp3) is 0.842. The van der Waals surface area contributed by atoms with Gasteiger partial charge in [-0.25, -0.2) is 0 Å². The molecule has 7 nitrogen and oxygen atoms in total. The minimum absolute atomic E-state index is 0. The van der Waals surface area contributed by atoms with Gasteiger partial charge in [-0.3, -0.25) is 9.69 Å². The number of rotatable bonds is 4. The zero-order valence-electron chi connectivity index (χ0n) is 16.2. The molecule has 1 atom stereocenters. The van der Waals surface area contributed by atoms with E-state index >= 15 is 0 Å². The van der Waals surface area contributed by atoms with E-state index in [-0.39, 0.29) is 30.3 Å². The first kappa shape index (κ1) is 20.6. The molecule has 3 fully saturated rings. The number of amides is 1. The lowest BCUT2D eigenvalue weighted by Gasteiger charge is -2.30. The van der Waals surface area contributed by atoms with E-state index < -0.39 is 0 Å². The molecule has 4 rings (SSSR count). The van der Waals surface area contributed by atoms with Crippen molar-refractivity contribution in [2.75, 3.05) is 26.7 Å². The van der Waals surface area contributed by atoms with E-state index in [4.69, 9.17) is 9.51 Å². The molecule has 0 aromatic carbocycles. The summed E-state index contributed by atoms with van der Waals surface area (Å²) in [6.45, 7) is 2.88. The molecule has 1 amide bonds. The van der Waals surface area contributed by atoms with Crippen molar-refractivity contribution >= 4 is 18.3 Å². The predicted octanol–water partition coefficient (Wildman–Crippen LogP) is 2.40. The predicted molar refractivity (Wildman–Crippen MR) is 105 cm³/mol. The summed E-state index contributed by atoms with van der Waals surface area (Å²) in [5, 5.41) is 10.9. The molecule has 0 bridgehead atoms. The normalized spacial score (nSPS) is 30.0. The number of halogens is 1. The number of carbonyl (C=O) groups is 1. The summed E-state index contributed by atoms with van der Waals surface area (Å²) in [7, 11) is 2.11. The van der Waals surface area contributed by atoms with Gasteiger partial charge in [-0.15, -0.1) is 12.4 Å². The molecule has 2 N–H and O–H groups in total. The number of nitrogens with zero attached hydrogens (tertiary/aromatic N) is 3. The molecule has 0 spiro atoms. The molecule has 152 valence electrons. The highest BCUT2D eigenvalue weighted by Gasteiger charge is 2.31. The van der Waals surface area contributed by atoms with Gasteiger partial charge in [0, 0.05) is 37.5 Å². The fourth-order valence-electron chi connectivity index (χ4n) is 4.63. The Morgan fingerprint density at radius 1 is 1.19 bits per heavy atom. The topological polar surface area (TPSA) is 83.3 Å². The van der Waals surface area contributed by atoms with E-state index in [1.54, 1.807) is 0 Å². The molecule has 2 saturated carbocycles. The van der Waals surface area contributed by atoms with Gasteiger partial charge in [0.05, 0.1) is 6.04 Å². The largest absolute Gasteiger partial charge is 0.353 e. The van der Waals surface area contributed by atoms with Crippen molar-refractivity contribution in [2.45, 2.75) is 69.4 Å². The number of aromatic nitrogens is 2. The summed E-state index contributed by atoms with van der Waals surface area (Å²) < 4.78 is 5.60. The SMILES string of the molecule is CN1CCNCC1c1noc(C2CCC(NC(=O)C3CCCC3)CC2)n1.Cl. The number of likely N-dealkylation sites (N-methyl/N-ethyl adjacent to an activating group) is 1. The van der Waals surface area contributed by atoms with Gasteiger partial charge in [-0.2, -0.15) is 4.98 Å². The second kappa shape index (κ2) is 9.34. The van der Waals surface area contributed by atoms with Gasteiger partial charge in [0.15, 0.2) is 5.82 Å². The van der Waals surface area contributed by atoms with Gasteiger partial charge in [0.25, 0.3) is 0 Å². The van der Waals surface area contributed by atoms with Gasteiger partial charge in [0.2, 0.25) is 11.8 Å². The monoisotopic (exact) mass is 397 g/mol. The smallest absolute Gasteiger partial charge is 0.229 e. The fourth-order valence-corrected chi connectivity index (χ4v) is 4.63. The van der Waals surface area contributed by atoms with E-state index in [9.17, 15) is 4.79 Å². The summed E-state index contributed by atoms with van der Waals surface area (Å²) in [6, 6.07) is 0.513. The van der Waals surface area contributed by atoms with Crippen molar-refractivity contribution < 1.29 is 9.32 Å². The molecule has 8 heteroatoms. The van der Waals surface area contributed by atoms with Crippen LogP contribution in [0.5, 0.6) is 0 Å². The Balaban J connectivity index is 0.00000210. The van der Waals surface area contributed by atoms with Crippen molar-refractivity contribution in [3.63, 3.8) is 0 Å². The average Bonchev–Trinajstić information content (AvgIpc) is 3.35. The number of nitrogens with one attached hydrogen (secondary N) is 2. The maximum atomic E-state index is 12.3. The van der Waals surface area contributed by atoms with E-state index in [0.29, 0.717) is 12.0 Å². The van der Waals surface area contributed by atoms with Crippen LogP contribution in [-0.2, 0) is 4.79 Å². The number of piperazine rings is 1. The van der Waals surface area contributed by atoms with Crippen LogP contribution < -0.4 is 10.6 Å². The third-order valence-corrected chi connectivity index (χ3v) is 6.42. The molecule has 1 unspecified atom stereocenters. The second-order valence-electron chi connectivity index (χ2n) is 8.23. The molecule has 3 aliphatic rings. The summed E-state index contributed by atoms with van der Waals surface area (Å²) in [6.07, 6.45) is 8.57. The Hall–Kier alpha value is -1.18. The maximum Gasteiger partial charge on any atom is 0.229 e. The Kier molecular flexibility index (Phi) is 7.11. The molecule has 1 aromatic rings. The molecule has 2 heterocycles. The highest BCUT2D eigenvalue weighted by atomic mass is 35.5. The molecule has 27 heavy (non-hydrogen) atoms. The van der Waals surface area contributed by atoms with Crippen molar-refractivity contribution in [1.82, 2.24) is 25.7 Å². The molecule has 1 aromatic heterocycles. The highest BCUT2D eigenvalue weighted by molar-refractivity contribution is 5.85. The highest BCUT2D eigenvalue weighted by Crippen LogP contribution is 2.33. The van der Waals surface area contributed by atoms with Crippen molar-refractivity contribution in [1.29, 1.82) is 0 Å². The van der Waals surface area contributed by atoms with Crippen LogP contribution in [0.4, 0.5) is 0 Å². The molecule has 1 aliphatic heterocycles. The van der Waals surface area contributed by atoms with Crippen LogP contribution in [0.2, 0.25) is 0 Å². The first-order valence-electron chi connectivity index (χ1n) is 10.3. The minimum Gasteiger partial charge on any atom is -0.353 e. The molecule has 2 aliphatic carbocycles. The van der Waals surface area contributed by atoms with E-state index in [1.807, 2.05) is 0 Å². The van der Waals surface area contributed by atoms with Crippen molar-refractivity contribution in [2.24, 2.45) is 5.92 Å². The van der Waals surface area contributed by atoms with Crippen molar-refractivity contribution in [3.05, 3.63) is 11.7 Å².